The van der Waals surface area contributed by atoms with Crippen molar-refractivity contribution in [2.45, 2.75) is 19.4 Å². The van der Waals surface area contributed by atoms with Gasteiger partial charge >= 0.3 is 0 Å². The fourth-order valence-corrected chi connectivity index (χ4v) is 4.61. The number of aliphatic hydroxyl groups excluding tert-OH is 1. The van der Waals surface area contributed by atoms with Gasteiger partial charge in [0, 0.05) is 38.1 Å². The second kappa shape index (κ2) is 9.70. The van der Waals surface area contributed by atoms with Crippen LogP contribution >= 0.6 is 0 Å². The molecule has 0 amide bonds. The summed E-state index contributed by atoms with van der Waals surface area (Å²) in [6, 6.07) is 15.8. The third-order valence-corrected chi connectivity index (χ3v) is 6.35. The molecule has 5 rings (SSSR count). The summed E-state index contributed by atoms with van der Waals surface area (Å²) in [7, 11) is 0. The Morgan fingerprint density at radius 2 is 1.94 bits per heavy atom. The van der Waals surface area contributed by atoms with Crippen LogP contribution in [0, 0.1) is 6.92 Å². The van der Waals surface area contributed by atoms with E-state index in [4.69, 9.17) is 4.98 Å². The molecule has 8 heteroatoms. The zero-order chi connectivity index (χ0) is 23.5. The Morgan fingerprint density at radius 1 is 1.15 bits per heavy atom. The number of rotatable bonds is 7. The lowest BCUT2D eigenvalue weighted by Gasteiger charge is -2.29. The fraction of sp³-hybridized carbons (Fsp3) is 0.308. The summed E-state index contributed by atoms with van der Waals surface area (Å²) >= 11 is 0. The number of nitrogens with zero attached hydrogens (tertiary/aromatic N) is 2. The van der Waals surface area contributed by atoms with Crippen LogP contribution in [0.2, 0.25) is 0 Å². The van der Waals surface area contributed by atoms with E-state index in [1.807, 2.05) is 36.4 Å². The van der Waals surface area contributed by atoms with Gasteiger partial charge in [-0.05, 0) is 42.7 Å². The van der Waals surface area contributed by atoms with Crippen LogP contribution in [0.5, 0.6) is 0 Å². The van der Waals surface area contributed by atoms with Gasteiger partial charge in [-0.3, -0.25) is 4.79 Å². The minimum absolute atomic E-state index is 0.0611. The normalized spacial score (nSPS) is 14.9. The van der Waals surface area contributed by atoms with Gasteiger partial charge in [0.15, 0.2) is 0 Å². The SMILES string of the molecule is Cc1cc(N2CCNCC2)cc2[nH]c(-c3c(NC(CO)Cc4ccccc4)cc[nH]c3=O)nc12. The first-order valence-corrected chi connectivity index (χ1v) is 11.7. The molecule has 1 aliphatic heterocycles. The highest BCUT2D eigenvalue weighted by molar-refractivity contribution is 5.87. The van der Waals surface area contributed by atoms with Gasteiger partial charge in [0.2, 0.25) is 0 Å². The summed E-state index contributed by atoms with van der Waals surface area (Å²) < 4.78 is 0. The number of H-pyrrole nitrogens is 2. The van der Waals surface area contributed by atoms with Crippen molar-refractivity contribution in [1.82, 2.24) is 20.3 Å². The van der Waals surface area contributed by atoms with Crippen molar-refractivity contribution < 1.29 is 5.11 Å². The zero-order valence-electron chi connectivity index (χ0n) is 19.3. The molecule has 1 fully saturated rings. The van der Waals surface area contributed by atoms with Gasteiger partial charge in [0.1, 0.15) is 11.4 Å². The Kier molecular flexibility index (Phi) is 6.33. The van der Waals surface area contributed by atoms with E-state index in [0.717, 1.165) is 54.0 Å². The number of hydrogen-bond donors (Lipinski definition) is 5. The van der Waals surface area contributed by atoms with E-state index in [9.17, 15) is 9.90 Å². The molecule has 1 aliphatic rings. The Bertz CT molecular complexity index is 1320. The van der Waals surface area contributed by atoms with E-state index >= 15 is 0 Å². The predicted molar refractivity (Wildman–Crippen MR) is 137 cm³/mol. The molecule has 2 aromatic carbocycles. The summed E-state index contributed by atoms with van der Waals surface area (Å²) in [6.45, 7) is 5.84. The maximum Gasteiger partial charge on any atom is 0.261 e. The number of hydrogen-bond acceptors (Lipinski definition) is 6. The Morgan fingerprint density at radius 3 is 2.71 bits per heavy atom. The number of pyridine rings is 1. The number of benzene rings is 2. The minimum atomic E-state index is -0.242. The predicted octanol–water partition coefficient (Wildman–Crippen LogP) is 2.65. The van der Waals surface area contributed by atoms with Crippen LogP contribution in [-0.4, -0.2) is 58.9 Å². The summed E-state index contributed by atoms with van der Waals surface area (Å²) in [5.74, 6) is 0.510. The van der Waals surface area contributed by atoms with Crippen LogP contribution in [0.25, 0.3) is 22.4 Å². The van der Waals surface area contributed by atoms with Crippen molar-refractivity contribution >= 4 is 22.4 Å². The topological polar surface area (TPSA) is 109 Å². The van der Waals surface area contributed by atoms with Crippen LogP contribution in [0.1, 0.15) is 11.1 Å². The number of aromatic nitrogens is 3. The minimum Gasteiger partial charge on any atom is -0.394 e. The lowest BCUT2D eigenvalue weighted by Crippen LogP contribution is -2.43. The van der Waals surface area contributed by atoms with Crippen molar-refractivity contribution in [2.24, 2.45) is 0 Å². The molecule has 1 atom stereocenters. The molecule has 0 spiro atoms. The molecule has 0 bridgehead atoms. The maximum absolute atomic E-state index is 12.9. The van der Waals surface area contributed by atoms with E-state index in [-0.39, 0.29) is 18.2 Å². The van der Waals surface area contributed by atoms with Gasteiger partial charge in [-0.1, -0.05) is 30.3 Å². The number of imidazole rings is 1. The third-order valence-electron chi connectivity index (χ3n) is 6.35. The fourth-order valence-electron chi connectivity index (χ4n) is 4.61. The first-order chi connectivity index (χ1) is 16.6. The molecule has 0 radical (unpaired) electrons. The number of fused-ring (bicyclic) bond motifs is 1. The molecule has 1 saturated heterocycles. The molecule has 0 aliphatic carbocycles. The highest BCUT2D eigenvalue weighted by Crippen LogP contribution is 2.29. The average Bonchev–Trinajstić information content (AvgIpc) is 3.29. The van der Waals surface area contributed by atoms with Crippen LogP contribution in [0.3, 0.4) is 0 Å². The lowest BCUT2D eigenvalue weighted by molar-refractivity contribution is 0.274. The average molecular weight is 459 g/mol. The second-order valence-electron chi connectivity index (χ2n) is 8.79. The van der Waals surface area contributed by atoms with E-state index in [0.29, 0.717) is 23.5 Å². The van der Waals surface area contributed by atoms with Crippen molar-refractivity contribution in [2.75, 3.05) is 43.0 Å². The van der Waals surface area contributed by atoms with E-state index in [1.165, 1.54) is 0 Å². The highest BCUT2D eigenvalue weighted by atomic mass is 16.3. The van der Waals surface area contributed by atoms with Gasteiger partial charge in [-0.2, -0.15) is 0 Å². The molecule has 8 nitrogen and oxygen atoms in total. The highest BCUT2D eigenvalue weighted by Gasteiger charge is 2.19. The van der Waals surface area contributed by atoms with Gasteiger partial charge < -0.3 is 30.6 Å². The number of aryl methyl sites for hydroxylation is 1. The maximum atomic E-state index is 12.9. The summed E-state index contributed by atoms with van der Waals surface area (Å²) in [5, 5.41) is 16.8. The van der Waals surface area contributed by atoms with Crippen LogP contribution < -0.4 is 21.1 Å². The van der Waals surface area contributed by atoms with Gasteiger partial charge in [-0.25, -0.2) is 4.98 Å². The number of piperazine rings is 1. The number of nitrogens with one attached hydrogen (secondary N) is 4. The molecular formula is C26H30N6O2. The molecule has 4 aromatic rings. The summed E-state index contributed by atoms with van der Waals surface area (Å²) in [6.07, 6.45) is 2.25. The quantitative estimate of drug-likeness (QED) is 0.291. The first kappa shape index (κ1) is 22.2. The van der Waals surface area contributed by atoms with Crippen molar-refractivity contribution in [3.63, 3.8) is 0 Å². The van der Waals surface area contributed by atoms with Gasteiger partial charge in [0.25, 0.3) is 5.56 Å². The Labute approximate surface area is 198 Å². The first-order valence-electron chi connectivity index (χ1n) is 11.7. The van der Waals surface area contributed by atoms with E-state index < -0.39 is 0 Å². The zero-order valence-corrected chi connectivity index (χ0v) is 19.3. The lowest BCUT2D eigenvalue weighted by atomic mass is 10.1. The van der Waals surface area contributed by atoms with Gasteiger partial charge in [-0.15, -0.1) is 0 Å². The summed E-state index contributed by atoms with van der Waals surface area (Å²) in [4.78, 5) is 26.2. The monoisotopic (exact) mass is 458 g/mol. The van der Waals surface area contributed by atoms with Crippen LogP contribution in [0.15, 0.2) is 59.5 Å². The Hall–Kier alpha value is -3.62. The molecule has 0 saturated carbocycles. The van der Waals surface area contributed by atoms with E-state index in [1.54, 1.807) is 6.20 Å². The molecule has 5 N–H and O–H groups in total. The second-order valence-corrected chi connectivity index (χ2v) is 8.79. The van der Waals surface area contributed by atoms with E-state index in [2.05, 4.69) is 44.6 Å². The van der Waals surface area contributed by atoms with Crippen molar-refractivity contribution in [3.8, 4) is 11.4 Å². The number of aliphatic hydroxyl groups is 1. The van der Waals surface area contributed by atoms with Gasteiger partial charge in [0.05, 0.1) is 29.4 Å². The molecule has 176 valence electrons. The largest absolute Gasteiger partial charge is 0.394 e. The molecule has 3 heterocycles. The molecular weight excluding hydrogens is 428 g/mol. The Balaban J connectivity index is 1.49. The van der Waals surface area contributed by atoms with Crippen LogP contribution in [0.4, 0.5) is 11.4 Å². The van der Waals surface area contributed by atoms with Crippen LogP contribution in [-0.2, 0) is 6.42 Å². The number of aromatic amines is 2. The molecule has 1 unspecified atom stereocenters. The molecule has 34 heavy (non-hydrogen) atoms. The standard InChI is InChI=1S/C26H30N6O2/c1-17-13-20(32-11-9-27-10-12-32)15-22-24(17)31-25(30-22)23-21(7-8-28-26(23)34)29-19(16-33)14-18-5-3-2-4-6-18/h2-8,13,15,19,27,33H,9-12,14,16H2,1H3,(H,30,31)(H2,28,29,34). The third kappa shape index (κ3) is 4.55. The molecule has 2 aromatic heterocycles. The van der Waals surface area contributed by atoms with Crippen molar-refractivity contribution in [3.05, 3.63) is 76.2 Å². The smallest absolute Gasteiger partial charge is 0.261 e. The number of anilines is 2. The van der Waals surface area contributed by atoms with Crippen molar-refractivity contribution in [1.29, 1.82) is 0 Å². The summed E-state index contributed by atoms with van der Waals surface area (Å²) in [5.41, 5.74) is 5.93.